The highest BCUT2D eigenvalue weighted by atomic mass is 35.5. The van der Waals surface area contributed by atoms with E-state index in [0.29, 0.717) is 10.8 Å². The number of carboxylic acids is 1. The van der Waals surface area contributed by atoms with E-state index >= 15 is 0 Å². The summed E-state index contributed by atoms with van der Waals surface area (Å²) >= 11 is 5.97. The van der Waals surface area contributed by atoms with Crippen molar-refractivity contribution in [2.45, 2.75) is 32.9 Å². The molecule has 5 heteroatoms. The maximum absolute atomic E-state index is 11.1. The summed E-state index contributed by atoms with van der Waals surface area (Å²) in [6.45, 7) is 6.01. The van der Waals surface area contributed by atoms with Gasteiger partial charge in [0.25, 0.3) is 0 Å². The molecule has 0 aliphatic heterocycles. The van der Waals surface area contributed by atoms with Gasteiger partial charge in [-0.05, 0) is 24.6 Å². The molecule has 0 spiro atoms. The summed E-state index contributed by atoms with van der Waals surface area (Å²) < 4.78 is 5.44. The van der Waals surface area contributed by atoms with Gasteiger partial charge in [-0.3, -0.25) is 0 Å². The Morgan fingerprint density at radius 1 is 1.50 bits per heavy atom. The maximum Gasteiger partial charge on any atom is 0.346 e. The first-order valence-corrected chi connectivity index (χ1v) is 6.17. The van der Waals surface area contributed by atoms with E-state index in [1.54, 1.807) is 12.1 Å². The van der Waals surface area contributed by atoms with E-state index in [-0.39, 0.29) is 12.6 Å². The van der Waals surface area contributed by atoms with E-state index in [9.17, 15) is 4.79 Å². The fraction of sp³-hybridized carbons (Fsp3) is 0.462. The van der Waals surface area contributed by atoms with Crippen molar-refractivity contribution in [2.75, 3.05) is 6.54 Å². The molecule has 0 amide bonds. The van der Waals surface area contributed by atoms with Crippen LogP contribution < -0.4 is 10.1 Å². The molecule has 0 saturated carbocycles. The third-order valence-electron chi connectivity index (χ3n) is 2.34. The second kappa shape index (κ2) is 6.61. The fourth-order valence-corrected chi connectivity index (χ4v) is 1.54. The molecule has 2 N–H and O–H groups in total. The predicted octanol–water partition coefficient (Wildman–Crippen LogP) is 2.48. The lowest BCUT2D eigenvalue weighted by atomic mass is 10.2. The number of carboxylic acid groups (broad SMARTS) is 1. The van der Waals surface area contributed by atoms with Crippen LogP contribution >= 0.6 is 11.6 Å². The van der Waals surface area contributed by atoms with Gasteiger partial charge in [-0.2, -0.15) is 0 Å². The highest BCUT2D eigenvalue weighted by Gasteiger charge is 2.20. The number of benzene rings is 1. The minimum Gasteiger partial charge on any atom is -0.478 e. The van der Waals surface area contributed by atoms with Crippen LogP contribution in [0.2, 0.25) is 5.02 Å². The van der Waals surface area contributed by atoms with Gasteiger partial charge in [0.1, 0.15) is 5.75 Å². The van der Waals surface area contributed by atoms with Gasteiger partial charge in [0.2, 0.25) is 6.10 Å². The Hall–Kier alpha value is -1.26. The first-order chi connectivity index (χ1) is 8.40. The van der Waals surface area contributed by atoms with Gasteiger partial charge in [0, 0.05) is 12.6 Å². The number of hydrogen-bond donors (Lipinski definition) is 2. The summed E-state index contributed by atoms with van der Waals surface area (Å²) in [5.41, 5.74) is 0.968. The highest BCUT2D eigenvalue weighted by Crippen LogP contribution is 2.26. The van der Waals surface area contributed by atoms with Crippen LogP contribution in [0.25, 0.3) is 0 Å². The van der Waals surface area contributed by atoms with Crippen LogP contribution in [0.4, 0.5) is 0 Å². The van der Waals surface area contributed by atoms with E-state index < -0.39 is 12.1 Å². The zero-order valence-electron chi connectivity index (χ0n) is 10.7. The number of aryl methyl sites for hydroxylation is 1. The van der Waals surface area contributed by atoms with E-state index in [0.717, 1.165) is 5.56 Å². The van der Waals surface area contributed by atoms with Crippen LogP contribution in [-0.4, -0.2) is 29.8 Å². The number of ether oxygens (including phenoxy) is 1. The van der Waals surface area contributed by atoms with Crippen molar-refractivity contribution in [1.29, 1.82) is 0 Å². The number of hydrogen-bond acceptors (Lipinski definition) is 3. The topological polar surface area (TPSA) is 58.6 Å². The minimum atomic E-state index is -1.01. The van der Waals surface area contributed by atoms with Crippen molar-refractivity contribution in [3.05, 3.63) is 28.8 Å². The number of rotatable bonds is 6. The van der Waals surface area contributed by atoms with Crippen molar-refractivity contribution < 1.29 is 14.6 Å². The molecule has 0 radical (unpaired) electrons. The first-order valence-electron chi connectivity index (χ1n) is 5.79. The van der Waals surface area contributed by atoms with Crippen LogP contribution in [0.15, 0.2) is 18.2 Å². The van der Waals surface area contributed by atoms with Crippen molar-refractivity contribution in [3.63, 3.8) is 0 Å². The molecule has 0 saturated heterocycles. The third kappa shape index (κ3) is 4.55. The Balaban J connectivity index is 2.76. The Labute approximate surface area is 112 Å². The molecule has 100 valence electrons. The lowest BCUT2D eigenvalue weighted by Gasteiger charge is -2.18. The Kier molecular flexibility index (Phi) is 5.44. The number of aliphatic carboxylic acids is 1. The van der Waals surface area contributed by atoms with Gasteiger partial charge in [0.05, 0.1) is 5.02 Å². The number of carbonyl (C=O) groups is 1. The molecule has 0 bridgehead atoms. The molecule has 1 aromatic carbocycles. The van der Waals surface area contributed by atoms with Gasteiger partial charge < -0.3 is 15.2 Å². The predicted molar refractivity (Wildman–Crippen MR) is 71.4 cm³/mol. The summed E-state index contributed by atoms with van der Waals surface area (Å²) in [6, 6.07) is 5.47. The minimum absolute atomic E-state index is 0.198. The van der Waals surface area contributed by atoms with E-state index in [1.807, 2.05) is 26.8 Å². The maximum atomic E-state index is 11.1. The first kappa shape index (κ1) is 14.8. The molecule has 4 nitrogen and oxygen atoms in total. The van der Waals surface area contributed by atoms with E-state index in [1.165, 1.54) is 0 Å². The Morgan fingerprint density at radius 2 is 2.17 bits per heavy atom. The van der Waals surface area contributed by atoms with Gasteiger partial charge in [-0.25, -0.2) is 4.79 Å². The summed E-state index contributed by atoms with van der Waals surface area (Å²) in [5, 5.41) is 12.5. The Bertz CT molecular complexity index is 421. The zero-order chi connectivity index (χ0) is 13.7. The van der Waals surface area contributed by atoms with Crippen molar-refractivity contribution in [1.82, 2.24) is 5.32 Å². The molecule has 0 aliphatic rings. The Morgan fingerprint density at radius 3 is 2.72 bits per heavy atom. The fourth-order valence-electron chi connectivity index (χ4n) is 1.38. The van der Waals surface area contributed by atoms with Gasteiger partial charge >= 0.3 is 5.97 Å². The van der Waals surface area contributed by atoms with Crippen molar-refractivity contribution in [3.8, 4) is 5.75 Å². The van der Waals surface area contributed by atoms with Gasteiger partial charge in [0.15, 0.2) is 0 Å². The van der Waals surface area contributed by atoms with Gasteiger partial charge in [-0.1, -0.05) is 31.5 Å². The molecule has 0 aliphatic carbocycles. The standard InChI is InChI=1S/C13H18ClNO3/c1-8(2)15-7-12(13(16)17)18-11-6-9(3)4-5-10(11)14/h4-6,8,12,15H,7H2,1-3H3,(H,16,17). The average Bonchev–Trinajstić information content (AvgIpc) is 2.28. The lowest BCUT2D eigenvalue weighted by Crippen LogP contribution is -2.40. The normalized spacial score (nSPS) is 12.5. The van der Waals surface area contributed by atoms with E-state index in [4.69, 9.17) is 21.4 Å². The van der Waals surface area contributed by atoms with Crippen LogP contribution in [-0.2, 0) is 4.79 Å². The van der Waals surface area contributed by atoms with Crippen molar-refractivity contribution in [2.24, 2.45) is 0 Å². The summed E-state index contributed by atoms with van der Waals surface area (Å²) in [7, 11) is 0. The second-order valence-electron chi connectivity index (χ2n) is 4.44. The quantitative estimate of drug-likeness (QED) is 0.835. The van der Waals surface area contributed by atoms with Crippen molar-refractivity contribution >= 4 is 17.6 Å². The molecule has 1 aromatic rings. The van der Waals surface area contributed by atoms with E-state index in [2.05, 4.69) is 5.32 Å². The summed E-state index contributed by atoms with van der Waals surface area (Å²) in [4.78, 5) is 11.1. The highest BCUT2D eigenvalue weighted by molar-refractivity contribution is 6.32. The average molecular weight is 272 g/mol. The molecular formula is C13H18ClNO3. The van der Waals surface area contributed by atoms with Crippen LogP contribution in [0, 0.1) is 6.92 Å². The molecule has 1 rings (SSSR count). The molecule has 18 heavy (non-hydrogen) atoms. The van der Waals surface area contributed by atoms with Gasteiger partial charge in [-0.15, -0.1) is 0 Å². The monoisotopic (exact) mass is 271 g/mol. The second-order valence-corrected chi connectivity index (χ2v) is 4.85. The molecule has 1 atom stereocenters. The largest absolute Gasteiger partial charge is 0.478 e. The van der Waals surface area contributed by atoms with Crippen LogP contribution in [0.5, 0.6) is 5.75 Å². The molecule has 0 heterocycles. The molecule has 1 unspecified atom stereocenters. The molecular weight excluding hydrogens is 254 g/mol. The van der Waals surface area contributed by atoms with Crippen LogP contribution in [0.3, 0.4) is 0 Å². The SMILES string of the molecule is Cc1ccc(Cl)c(OC(CNC(C)C)C(=O)O)c1. The number of halogens is 1. The molecule has 0 aromatic heterocycles. The van der Waals surface area contributed by atoms with Crippen LogP contribution in [0.1, 0.15) is 19.4 Å². The number of nitrogens with one attached hydrogen (secondary N) is 1. The third-order valence-corrected chi connectivity index (χ3v) is 2.66. The summed E-state index contributed by atoms with van der Waals surface area (Å²) in [6.07, 6.45) is -0.952. The lowest BCUT2D eigenvalue weighted by molar-refractivity contribution is -0.144. The zero-order valence-corrected chi connectivity index (χ0v) is 11.5. The smallest absolute Gasteiger partial charge is 0.346 e. The summed E-state index contributed by atoms with van der Waals surface area (Å²) in [5.74, 6) is -0.615. The molecule has 0 fully saturated rings.